The number of thiocarbonyl (C=S) groups is 1. The van der Waals surface area contributed by atoms with Gasteiger partial charge in [0, 0.05) is 22.0 Å². The van der Waals surface area contributed by atoms with Crippen LogP contribution in [0.1, 0.15) is 18.4 Å². The van der Waals surface area contributed by atoms with E-state index in [2.05, 4.69) is 0 Å². The van der Waals surface area contributed by atoms with Gasteiger partial charge in [-0.05, 0) is 24.6 Å². The van der Waals surface area contributed by atoms with Crippen molar-refractivity contribution in [2.75, 3.05) is 0 Å². The summed E-state index contributed by atoms with van der Waals surface area (Å²) in [6.07, 6.45) is 1.16. The second kappa shape index (κ2) is 8.18. The Balaban J connectivity index is 2.34. The van der Waals surface area contributed by atoms with Crippen LogP contribution in [0.15, 0.2) is 23.1 Å². The molecule has 1 unspecified atom stereocenters. The zero-order valence-electron chi connectivity index (χ0n) is 12.6. The van der Waals surface area contributed by atoms with Gasteiger partial charge in [-0.2, -0.15) is 0 Å². The number of nitrogens with two attached hydrogens (primary N) is 1. The molecule has 0 bridgehead atoms. The highest BCUT2D eigenvalue weighted by atomic mass is 35.5. The van der Waals surface area contributed by atoms with E-state index in [0.29, 0.717) is 15.6 Å². The number of aliphatic carboxylic acids is 1. The third-order valence-electron chi connectivity index (χ3n) is 3.36. The number of carboxylic acid groups (broad SMARTS) is 1. The number of carbonyl (C=O) groups is 3. The molecular weight excluding hydrogens is 407 g/mol. The van der Waals surface area contributed by atoms with Crippen LogP contribution in [0.4, 0.5) is 0 Å². The Morgan fingerprint density at radius 3 is 2.48 bits per heavy atom. The van der Waals surface area contributed by atoms with Gasteiger partial charge in [0.25, 0.3) is 5.91 Å². The molecular formula is C15H12Cl2N2O4S2. The first kappa shape index (κ1) is 19.7. The average molecular weight is 419 g/mol. The minimum atomic E-state index is -1.27. The van der Waals surface area contributed by atoms with Crippen molar-refractivity contribution < 1.29 is 19.5 Å². The van der Waals surface area contributed by atoms with Crippen LogP contribution in [-0.4, -0.2) is 38.2 Å². The zero-order valence-corrected chi connectivity index (χ0v) is 15.7. The Labute approximate surface area is 162 Å². The lowest BCUT2D eigenvalue weighted by molar-refractivity contribution is -0.145. The van der Waals surface area contributed by atoms with E-state index >= 15 is 0 Å². The fraction of sp³-hybridized carbons (Fsp3) is 0.200. The molecule has 1 aliphatic heterocycles. The molecule has 10 heteroatoms. The molecule has 132 valence electrons. The summed E-state index contributed by atoms with van der Waals surface area (Å²) in [6, 6.07) is 3.63. The molecule has 1 fully saturated rings. The van der Waals surface area contributed by atoms with Crippen molar-refractivity contribution in [3.63, 3.8) is 0 Å². The molecule has 1 saturated heterocycles. The fourth-order valence-electron chi connectivity index (χ4n) is 2.17. The summed E-state index contributed by atoms with van der Waals surface area (Å²) >= 11 is 18.2. The summed E-state index contributed by atoms with van der Waals surface area (Å²) in [6.45, 7) is 0. The molecule has 3 N–H and O–H groups in total. The highest BCUT2D eigenvalue weighted by Gasteiger charge is 2.40. The van der Waals surface area contributed by atoms with E-state index in [1.165, 1.54) is 6.08 Å². The predicted molar refractivity (Wildman–Crippen MR) is 101 cm³/mol. The Morgan fingerprint density at radius 1 is 1.36 bits per heavy atom. The molecule has 25 heavy (non-hydrogen) atoms. The molecule has 0 aromatic heterocycles. The molecule has 0 spiro atoms. The number of halogens is 2. The molecule has 0 aliphatic carbocycles. The van der Waals surface area contributed by atoms with Gasteiger partial charge >= 0.3 is 5.97 Å². The third-order valence-corrected chi connectivity index (χ3v) is 5.35. The van der Waals surface area contributed by atoms with Crippen molar-refractivity contribution in [3.05, 3.63) is 38.7 Å². The Kier molecular flexibility index (Phi) is 6.45. The summed E-state index contributed by atoms with van der Waals surface area (Å²) in [5.41, 5.74) is 5.50. The molecule has 0 radical (unpaired) electrons. The van der Waals surface area contributed by atoms with Gasteiger partial charge in [-0.15, -0.1) is 0 Å². The van der Waals surface area contributed by atoms with E-state index in [1.54, 1.807) is 18.2 Å². The topological polar surface area (TPSA) is 101 Å². The van der Waals surface area contributed by atoms with Crippen molar-refractivity contribution in [3.8, 4) is 0 Å². The summed E-state index contributed by atoms with van der Waals surface area (Å²) in [5.74, 6) is -2.51. The Bertz CT molecular complexity index is 777. The molecule has 1 atom stereocenters. The van der Waals surface area contributed by atoms with Gasteiger partial charge in [-0.25, -0.2) is 4.79 Å². The lowest BCUT2D eigenvalue weighted by Gasteiger charge is -2.22. The van der Waals surface area contributed by atoms with Crippen LogP contribution in [0.5, 0.6) is 0 Å². The van der Waals surface area contributed by atoms with Gasteiger partial charge in [0.1, 0.15) is 10.4 Å². The maximum Gasteiger partial charge on any atom is 0.326 e. The van der Waals surface area contributed by atoms with E-state index in [1.807, 2.05) is 0 Å². The van der Waals surface area contributed by atoms with Gasteiger partial charge in [0.2, 0.25) is 5.91 Å². The first-order valence-electron chi connectivity index (χ1n) is 6.94. The maximum absolute atomic E-state index is 12.6. The lowest BCUT2D eigenvalue weighted by atomic mass is 10.1. The van der Waals surface area contributed by atoms with Crippen molar-refractivity contribution in [1.82, 2.24) is 4.90 Å². The smallest absolute Gasteiger partial charge is 0.326 e. The average Bonchev–Trinajstić information content (AvgIpc) is 2.78. The standard InChI is InChI=1S/C15H12Cl2N2O4S2/c16-8-2-1-3-9(17)7(8)6-11-13(21)19(15(24)25-11)10(14(22)23)4-5-12(18)20/h1-3,6,10H,4-5H2,(H2,18,20)(H,22,23)/b11-6-. The van der Waals surface area contributed by atoms with Crippen LogP contribution in [0, 0.1) is 0 Å². The van der Waals surface area contributed by atoms with Crippen molar-refractivity contribution in [2.24, 2.45) is 5.73 Å². The second-order valence-electron chi connectivity index (χ2n) is 5.05. The largest absolute Gasteiger partial charge is 0.480 e. The minimum absolute atomic E-state index is 0.0799. The van der Waals surface area contributed by atoms with Gasteiger partial charge < -0.3 is 10.8 Å². The highest BCUT2D eigenvalue weighted by molar-refractivity contribution is 8.26. The van der Waals surface area contributed by atoms with E-state index in [4.69, 9.17) is 41.2 Å². The number of hydrogen-bond acceptors (Lipinski definition) is 5. The Hall–Kier alpha value is -1.61. The maximum atomic E-state index is 12.6. The number of rotatable bonds is 6. The number of amides is 2. The monoisotopic (exact) mass is 418 g/mol. The number of carbonyl (C=O) groups excluding carboxylic acids is 2. The lowest BCUT2D eigenvalue weighted by Crippen LogP contribution is -2.44. The Morgan fingerprint density at radius 2 is 1.96 bits per heavy atom. The van der Waals surface area contributed by atoms with Crippen LogP contribution >= 0.6 is 47.2 Å². The summed E-state index contributed by atoms with van der Waals surface area (Å²) in [4.78, 5) is 36.2. The molecule has 0 saturated carbocycles. The number of carboxylic acids is 1. The number of hydrogen-bond donors (Lipinski definition) is 2. The van der Waals surface area contributed by atoms with Gasteiger partial charge in [-0.1, -0.05) is 53.2 Å². The molecule has 1 aliphatic rings. The number of primary amides is 1. The molecule has 1 heterocycles. The molecule has 6 nitrogen and oxygen atoms in total. The summed E-state index contributed by atoms with van der Waals surface area (Å²) < 4.78 is 0.0799. The molecule has 2 amide bonds. The van der Waals surface area contributed by atoms with Crippen LogP contribution in [0.2, 0.25) is 10.0 Å². The van der Waals surface area contributed by atoms with Crippen LogP contribution < -0.4 is 5.73 Å². The minimum Gasteiger partial charge on any atom is -0.480 e. The van der Waals surface area contributed by atoms with Crippen molar-refractivity contribution in [2.45, 2.75) is 18.9 Å². The molecule has 1 aromatic carbocycles. The quantitative estimate of drug-likeness (QED) is 0.543. The van der Waals surface area contributed by atoms with Crippen molar-refractivity contribution >= 4 is 75.4 Å². The van der Waals surface area contributed by atoms with Gasteiger partial charge in [0.15, 0.2) is 0 Å². The number of benzene rings is 1. The van der Waals surface area contributed by atoms with Gasteiger partial charge in [-0.3, -0.25) is 14.5 Å². The first-order chi connectivity index (χ1) is 11.7. The highest BCUT2D eigenvalue weighted by Crippen LogP contribution is 2.37. The van der Waals surface area contributed by atoms with E-state index in [9.17, 15) is 19.5 Å². The van der Waals surface area contributed by atoms with Gasteiger partial charge in [0.05, 0.1) is 4.91 Å². The first-order valence-corrected chi connectivity index (χ1v) is 8.92. The predicted octanol–water partition coefficient (Wildman–Crippen LogP) is 2.91. The van der Waals surface area contributed by atoms with Crippen molar-refractivity contribution in [1.29, 1.82) is 0 Å². The third kappa shape index (κ3) is 4.52. The summed E-state index contributed by atoms with van der Waals surface area (Å²) in [5, 5.41) is 10.1. The van der Waals surface area contributed by atoms with E-state index in [0.717, 1.165) is 16.7 Å². The normalized spacial score (nSPS) is 17.2. The zero-order chi connectivity index (χ0) is 18.7. The fourth-order valence-corrected chi connectivity index (χ4v) is 4.02. The summed E-state index contributed by atoms with van der Waals surface area (Å²) in [7, 11) is 0. The number of nitrogens with zero attached hydrogens (tertiary/aromatic N) is 1. The second-order valence-corrected chi connectivity index (χ2v) is 7.54. The molecule has 1 aromatic rings. The van der Waals surface area contributed by atoms with E-state index < -0.39 is 23.8 Å². The molecule has 2 rings (SSSR count). The van der Waals surface area contributed by atoms with Crippen LogP contribution in [0.25, 0.3) is 6.08 Å². The van der Waals surface area contributed by atoms with Crippen LogP contribution in [-0.2, 0) is 14.4 Å². The van der Waals surface area contributed by atoms with Crippen LogP contribution in [0.3, 0.4) is 0 Å². The number of thioether (sulfide) groups is 1. The van der Waals surface area contributed by atoms with E-state index in [-0.39, 0.29) is 22.1 Å². The SMILES string of the molecule is NC(=O)CCC(C(=O)O)N1C(=O)/C(=C/c2c(Cl)cccc2Cl)SC1=S.